The summed E-state index contributed by atoms with van der Waals surface area (Å²) >= 11 is 0. The van der Waals surface area contributed by atoms with E-state index in [1.165, 1.54) is 0 Å². The number of rotatable bonds is 8. The number of nitrogens with one attached hydrogen (secondary N) is 2. The van der Waals surface area contributed by atoms with Crippen LogP contribution in [0.3, 0.4) is 0 Å². The summed E-state index contributed by atoms with van der Waals surface area (Å²) in [4.78, 5) is 25.7. The van der Waals surface area contributed by atoms with Crippen molar-refractivity contribution < 1.29 is 14.3 Å². The van der Waals surface area contributed by atoms with E-state index in [9.17, 15) is 9.59 Å². The van der Waals surface area contributed by atoms with Crippen LogP contribution in [0.4, 0.5) is 5.69 Å². The smallest absolute Gasteiger partial charge is 0.225 e. The highest BCUT2D eigenvalue weighted by atomic mass is 16.5. The molecule has 0 radical (unpaired) electrons. The van der Waals surface area contributed by atoms with Crippen molar-refractivity contribution >= 4 is 17.5 Å². The Balaban J connectivity index is 1.75. The van der Waals surface area contributed by atoms with E-state index >= 15 is 0 Å². The van der Waals surface area contributed by atoms with Crippen LogP contribution in [0.15, 0.2) is 24.3 Å². The van der Waals surface area contributed by atoms with E-state index in [4.69, 9.17) is 10.5 Å². The molecule has 0 bridgehead atoms. The van der Waals surface area contributed by atoms with Gasteiger partial charge in [-0.2, -0.15) is 0 Å². The topological polar surface area (TPSA) is 96.7 Å². The van der Waals surface area contributed by atoms with Crippen molar-refractivity contribution in [3.8, 4) is 0 Å². The number of nitrogens with zero attached hydrogens (tertiary/aromatic N) is 1. The lowest BCUT2D eigenvalue weighted by molar-refractivity contribution is -0.121. The second kappa shape index (κ2) is 10.0. The molecule has 1 heterocycles. The van der Waals surface area contributed by atoms with Gasteiger partial charge in [0.15, 0.2) is 0 Å². The van der Waals surface area contributed by atoms with Gasteiger partial charge in [-0.3, -0.25) is 14.5 Å². The minimum Gasteiger partial charge on any atom is -0.379 e. The van der Waals surface area contributed by atoms with Gasteiger partial charge in [0.2, 0.25) is 11.8 Å². The van der Waals surface area contributed by atoms with Crippen LogP contribution in [0.1, 0.15) is 18.4 Å². The predicted octanol–water partition coefficient (Wildman–Crippen LogP) is 0.312. The number of amides is 2. The average molecular weight is 334 g/mol. The van der Waals surface area contributed by atoms with Crippen molar-refractivity contribution in [1.82, 2.24) is 10.2 Å². The predicted molar refractivity (Wildman–Crippen MR) is 92.5 cm³/mol. The Morgan fingerprint density at radius 1 is 1.17 bits per heavy atom. The van der Waals surface area contributed by atoms with Gasteiger partial charge in [-0.25, -0.2) is 0 Å². The lowest BCUT2D eigenvalue weighted by Crippen LogP contribution is -2.38. The molecule has 1 aromatic carbocycles. The van der Waals surface area contributed by atoms with Crippen LogP contribution in [0, 0.1) is 0 Å². The lowest BCUT2D eigenvalue weighted by atomic mass is 10.2. The summed E-state index contributed by atoms with van der Waals surface area (Å²) in [6.07, 6.45) is 0.773. The third-order valence-electron chi connectivity index (χ3n) is 3.83. The molecule has 1 aliphatic rings. The van der Waals surface area contributed by atoms with Crippen LogP contribution in [-0.4, -0.2) is 56.1 Å². The van der Waals surface area contributed by atoms with Crippen molar-refractivity contribution in [2.45, 2.75) is 19.4 Å². The summed E-state index contributed by atoms with van der Waals surface area (Å²) in [7, 11) is 0. The second-order valence-corrected chi connectivity index (χ2v) is 5.77. The number of anilines is 1. The molecule has 0 atom stereocenters. The highest BCUT2D eigenvalue weighted by Crippen LogP contribution is 2.11. The van der Waals surface area contributed by atoms with Crippen molar-refractivity contribution in [3.05, 3.63) is 29.8 Å². The molecule has 4 N–H and O–H groups in total. The summed E-state index contributed by atoms with van der Waals surface area (Å²) in [6.45, 7) is 4.74. The minimum absolute atomic E-state index is 0.00851. The zero-order chi connectivity index (χ0) is 17.2. The molecule has 132 valence electrons. The summed E-state index contributed by atoms with van der Waals surface area (Å²) in [5.74, 6) is -0.0803. The maximum Gasteiger partial charge on any atom is 0.225 e. The molecule has 0 unspecified atom stereocenters. The second-order valence-electron chi connectivity index (χ2n) is 5.77. The van der Waals surface area contributed by atoms with Crippen LogP contribution >= 0.6 is 0 Å². The molecule has 24 heavy (non-hydrogen) atoms. The van der Waals surface area contributed by atoms with Crippen molar-refractivity contribution in [2.75, 3.05) is 44.7 Å². The van der Waals surface area contributed by atoms with E-state index in [2.05, 4.69) is 15.5 Å². The Hall–Kier alpha value is -1.96. The Morgan fingerprint density at radius 3 is 2.71 bits per heavy atom. The van der Waals surface area contributed by atoms with Crippen molar-refractivity contribution in [3.63, 3.8) is 0 Å². The van der Waals surface area contributed by atoms with Gasteiger partial charge < -0.3 is 21.1 Å². The lowest BCUT2D eigenvalue weighted by Gasteiger charge is -2.26. The van der Waals surface area contributed by atoms with E-state index in [1.54, 1.807) is 0 Å². The van der Waals surface area contributed by atoms with E-state index in [1.807, 2.05) is 24.3 Å². The first-order valence-corrected chi connectivity index (χ1v) is 8.33. The van der Waals surface area contributed by atoms with Gasteiger partial charge in [-0.15, -0.1) is 0 Å². The van der Waals surface area contributed by atoms with Gasteiger partial charge in [0.1, 0.15) is 0 Å². The van der Waals surface area contributed by atoms with Crippen molar-refractivity contribution in [1.29, 1.82) is 0 Å². The summed E-state index contributed by atoms with van der Waals surface area (Å²) in [5.41, 5.74) is 7.02. The number of carbonyl (C=O) groups excluding carboxylic acids is 2. The first kappa shape index (κ1) is 18.4. The number of hydrogen-bond acceptors (Lipinski definition) is 5. The molecule has 0 aromatic heterocycles. The number of morpholine rings is 1. The van der Waals surface area contributed by atoms with Gasteiger partial charge in [-0.1, -0.05) is 12.1 Å². The molecular formula is C17H26N4O3. The fraction of sp³-hybridized carbons (Fsp3) is 0.529. The fourth-order valence-corrected chi connectivity index (χ4v) is 2.49. The molecule has 2 amide bonds. The van der Waals surface area contributed by atoms with Gasteiger partial charge in [0, 0.05) is 51.3 Å². The average Bonchev–Trinajstić information content (AvgIpc) is 2.60. The Morgan fingerprint density at radius 2 is 1.96 bits per heavy atom. The largest absolute Gasteiger partial charge is 0.379 e. The van der Waals surface area contributed by atoms with Crippen LogP contribution in [-0.2, 0) is 20.9 Å². The maximum atomic E-state index is 12.1. The number of benzene rings is 1. The molecular weight excluding hydrogens is 308 g/mol. The summed E-state index contributed by atoms with van der Waals surface area (Å²) < 4.78 is 5.29. The molecule has 0 saturated carbocycles. The molecule has 1 saturated heterocycles. The standard InChI is InChI=1S/C17H26N4O3/c18-6-4-16(22)19-13-14-2-1-3-15(12-14)20-17(23)5-7-21-8-10-24-11-9-21/h1-3,12H,4-11,13,18H2,(H,19,22)(H,20,23). The summed E-state index contributed by atoms with van der Waals surface area (Å²) in [6, 6.07) is 7.49. The Kier molecular flexibility index (Phi) is 7.67. The zero-order valence-corrected chi connectivity index (χ0v) is 13.9. The molecule has 1 aliphatic heterocycles. The minimum atomic E-state index is -0.0718. The number of hydrogen-bond donors (Lipinski definition) is 3. The molecule has 1 aromatic rings. The van der Waals surface area contributed by atoms with Gasteiger partial charge in [0.05, 0.1) is 13.2 Å². The van der Waals surface area contributed by atoms with Crippen LogP contribution in [0.2, 0.25) is 0 Å². The quantitative estimate of drug-likeness (QED) is 0.636. The SMILES string of the molecule is NCCC(=O)NCc1cccc(NC(=O)CCN2CCOCC2)c1. The van der Waals surface area contributed by atoms with Gasteiger partial charge in [-0.05, 0) is 17.7 Å². The van der Waals surface area contributed by atoms with E-state index in [0.717, 1.165) is 44.1 Å². The number of carbonyl (C=O) groups is 2. The first-order valence-electron chi connectivity index (χ1n) is 8.33. The maximum absolute atomic E-state index is 12.1. The molecule has 7 heteroatoms. The summed E-state index contributed by atoms with van der Waals surface area (Å²) in [5, 5.41) is 5.70. The molecule has 2 rings (SSSR count). The molecule has 1 fully saturated rings. The molecule has 7 nitrogen and oxygen atoms in total. The third-order valence-corrected chi connectivity index (χ3v) is 3.83. The molecule has 0 spiro atoms. The molecule has 0 aliphatic carbocycles. The van der Waals surface area contributed by atoms with Gasteiger partial charge in [0.25, 0.3) is 0 Å². The highest BCUT2D eigenvalue weighted by molar-refractivity contribution is 5.90. The third kappa shape index (κ3) is 6.66. The van der Waals surface area contributed by atoms with E-state index in [0.29, 0.717) is 25.9 Å². The highest BCUT2D eigenvalue weighted by Gasteiger charge is 2.12. The number of ether oxygens (including phenoxy) is 1. The Bertz CT molecular complexity index is 544. The Labute approximate surface area is 142 Å². The van der Waals surface area contributed by atoms with E-state index in [-0.39, 0.29) is 11.8 Å². The van der Waals surface area contributed by atoms with E-state index < -0.39 is 0 Å². The van der Waals surface area contributed by atoms with Gasteiger partial charge >= 0.3 is 0 Å². The van der Waals surface area contributed by atoms with Crippen LogP contribution < -0.4 is 16.4 Å². The normalized spacial score (nSPS) is 15.0. The van der Waals surface area contributed by atoms with Crippen LogP contribution in [0.25, 0.3) is 0 Å². The monoisotopic (exact) mass is 334 g/mol. The number of nitrogens with two attached hydrogens (primary N) is 1. The van der Waals surface area contributed by atoms with Crippen molar-refractivity contribution in [2.24, 2.45) is 5.73 Å². The fourth-order valence-electron chi connectivity index (χ4n) is 2.49. The first-order chi connectivity index (χ1) is 11.7. The zero-order valence-electron chi connectivity index (χ0n) is 13.9. The van der Waals surface area contributed by atoms with Crippen LogP contribution in [0.5, 0.6) is 0 Å².